The van der Waals surface area contributed by atoms with E-state index in [2.05, 4.69) is 25.3 Å². The number of pyridine rings is 1. The highest BCUT2D eigenvalue weighted by atomic mass is 16.5. The summed E-state index contributed by atoms with van der Waals surface area (Å²) in [5.74, 6) is 0.724. The van der Waals surface area contributed by atoms with Gasteiger partial charge in [-0.25, -0.2) is 4.98 Å². The molecule has 3 heterocycles. The number of anilines is 1. The van der Waals surface area contributed by atoms with Crippen molar-refractivity contribution >= 4 is 11.7 Å². The minimum Gasteiger partial charge on any atom is -0.378 e. The molecule has 1 aromatic carbocycles. The topological polar surface area (TPSA) is 93.4 Å². The second kappa shape index (κ2) is 8.18. The summed E-state index contributed by atoms with van der Waals surface area (Å²) in [6.07, 6.45) is 1.70. The van der Waals surface area contributed by atoms with Crippen molar-refractivity contribution in [1.82, 2.24) is 20.4 Å². The first-order chi connectivity index (χ1) is 13.7. The van der Waals surface area contributed by atoms with E-state index in [9.17, 15) is 4.79 Å². The Morgan fingerprint density at radius 3 is 2.75 bits per heavy atom. The lowest BCUT2D eigenvalue weighted by atomic mass is 10.1. The third-order valence-corrected chi connectivity index (χ3v) is 4.53. The molecule has 8 nitrogen and oxygen atoms in total. The van der Waals surface area contributed by atoms with Gasteiger partial charge in [-0.1, -0.05) is 35.0 Å². The number of benzene rings is 1. The minimum atomic E-state index is -0.401. The normalized spacial score (nSPS) is 14.1. The van der Waals surface area contributed by atoms with Gasteiger partial charge in [-0.2, -0.15) is 4.98 Å². The molecule has 2 aromatic heterocycles. The number of amides is 1. The molecule has 0 spiro atoms. The van der Waals surface area contributed by atoms with Crippen LogP contribution in [0.1, 0.15) is 21.8 Å². The molecule has 0 aliphatic carbocycles. The summed E-state index contributed by atoms with van der Waals surface area (Å²) in [6, 6.07) is 11.6. The molecule has 1 aliphatic rings. The van der Waals surface area contributed by atoms with Gasteiger partial charge in [0.15, 0.2) is 0 Å². The van der Waals surface area contributed by atoms with Gasteiger partial charge in [0.1, 0.15) is 5.82 Å². The van der Waals surface area contributed by atoms with Crippen molar-refractivity contribution in [2.24, 2.45) is 0 Å². The van der Waals surface area contributed by atoms with Gasteiger partial charge < -0.3 is 19.5 Å². The fourth-order valence-corrected chi connectivity index (χ4v) is 2.92. The number of nitrogens with zero attached hydrogens (tertiary/aromatic N) is 4. The predicted molar refractivity (Wildman–Crippen MR) is 103 cm³/mol. The maximum Gasteiger partial charge on any atom is 0.316 e. The SMILES string of the molecule is Cc1ccc(CNC(=O)c2nc(-c3ccnc(N4CCOCC4)c3)no2)cc1. The fraction of sp³-hybridized carbons (Fsp3) is 0.300. The van der Waals surface area contributed by atoms with Crippen molar-refractivity contribution in [2.45, 2.75) is 13.5 Å². The van der Waals surface area contributed by atoms with E-state index in [1.54, 1.807) is 12.3 Å². The number of carbonyl (C=O) groups excluding carboxylic acids is 1. The highest BCUT2D eigenvalue weighted by molar-refractivity contribution is 5.89. The van der Waals surface area contributed by atoms with Crippen LogP contribution in [0.15, 0.2) is 47.1 Å². The number of morpholine rings is 1. The first-order valence-corrected chi connectivity index (χ1v) is 9.15. The van der Waals surface area contributed by atoms with Gasteiger partial charge in [0.2, 0.25) is 5.82 Å². The third kappa shape index (κ3) is 4.17. The summed E-state index contributed by atoms with van der Waals surface area (Å²) in [5.41, 5.74) is 2.92. The van der Waals surface area contributed by atoms with E-state index in [0.717, 1.165) is 30.0 Å². The van der Waals surface area contributed by atoms with Crippen LogP contribution in [-0.4, -0.2) is 47.3 Å². The lowest BCUT2D eigenvalue weighted by Crippen LogP contribution is -2.36. The maximum absolute atomic E-state index is 12.3. The molecular formula is C20H21N5O3. The first kappa shape index (κ1) is 18.1. The average Bonchev–Trinajstić information content (AvgIpc) is 3.24. The largest absolute Gasteiger partial charge is 0.378 e. The number of nitrogens with one attached hydrogen (secondary N) is 1. The van der Waals surface area contributed by atoms with E-state index in [0.29, 0.717) is 25.6 Å². The zero-order valence-electron chi connectivity index (χ0n) is 15.6. The molecule has 1 N–H and O–H groups in total. The molecule has 1 amide bonds. The molecular weight excluding hydrogens is 358 g/mol. The van der Waals surface area contributed by atoms with Crippen LogP contribution in [0.25, 0.3) is 11.4 Å². The lowest BCUT2D eigenvalue weighted by Gasteiger charge is -2.27. The molecule has 4 rings (SSSR count). The van der Waals surface area contributed by atoms with Gasteiger partial charge in [0.25, 0.3) is 0 Å². The molecule has 144 valence electrons. The summed E-state index contributed by atoms with van der Waals surface area (Å²) >= 11 is 0. The molecule has 0 bridgehead atoms. The van der Waals surface area contributed by atoms with Crippen molar-refractivity contribution < 1.29 is 14.1 Å². The summed E-state index contributed by atoms with van der Waals surface area (Å²) in [5, 5.41) is 6.74. The number of carbonyl (C=O) groups is 1. The molecule has 0 atom stereocenters. The average molecular weight is 379 g/mol. The molecule has 3 aromatic rings. The Labute approximate surface area is 162 Å². The second-order valence-corrected chi connectivity index (χ2v) is 6.59. The zero-order chi connectivity index (χ0) is 19.3. The van der Waals surface area contributed by atoms with Gasteiger partial charge >= 0.3 is 11.8 Å². The Morgan fingerprint density at radius 2 is 1.96 bits per heavy atom. The van der Waals surface area contributed by atoms with Crippen LogP contribution < -0.4 is 10.2 Å². The highest BCUT2D eigenvalue weighted by Crippen LogP contribution is 2.21. The molecule has 0 saturated carbocycles. The van der Waals surface area contributed by atoms with Crippen molar-refractivity contribution in [3.05, 3.63) is 59.6 Å². The van der Waals surface area contributed by atoms with Crippen LogP contribution >= 0.6 is 0 Å². The van der Waals surface area contributed by atoms with E-state index in [1.165, 1.54) is 5.56 Å². The van der Waals surface area contributed by atoms with E-state index >= 15 is 0 Å². The summed E-state index contributed by atoms with van der Waals surface area (Å²) in [4.78, 5) is 23.1. The Balaban J connectivity index is 1.43. The molecule has 0 unspecified atom stereocenters. The summed E-state index contributed by atoms with van der Waals surface area (Å²) in [7, 11) is 0. The van der Waals surface area contributed by atoms with Crippen LogP contribution in [0.3, 0.4) is 0 Å². The van der Waals surface area contributed by atoms with E-state index in [1.807, 2.05) is 37.3 Å². The molecule has 0 radical (unpaired) electrons. The maximum atomic E-state index is 12.3. The molecule has 28 heavy (non-hydrogen) atoms. The highest BCUT2D eigenvalue weighted by Gasteiger charge is 2.18. The monoisotopic (exact) mass is 379 g/mol. The first-order valence-electron chi connectivity index (χ1n) is 9.15. The Bertz CT molecular complexity index is 948. The van der Waals surface area contributed by atoms with Gasteiger partial charge in [-0.3, -0.25) is 4.79 Å². The van der Waals surface area contributed by atoms with Crippen LogP contribution in [0.5, 0.6) is 0 Å². The predicted octanol–water partition coefficient (Wildman–Crippen LogP) is 2.21. The minimum absolute atomic E-state index is 0.0631. The van der Waals surface area contributed by atoms with Crippen molar-refractivity contribution in [2.75, 3.05) is 31.2 Å². The van der Waals surface area contributed by atoms with Crippen molar-refractivity contribution in [3.63, 3.8) is 0 Å². The smallest absolute Gasteiger partial charge is 0.316 e. The summed E-state index contributed by atoms with van der Waals surface area (Å²) < 4.78 is 10.5. The Morgan fingerprint density at radius 1 is 1.18 bits per heavy atom. The number of aromatic nitrogens is 3. The van der Waals surface area contributed by atoms with Crippen LogP contribution in [0.2, 0.25) is 0 Å². The number of rotatable bonds is 5. The molecule has 1 saturated heterocycles. The Hall–Kier alpha value is -3.26. The van der Waals surface area contributed by atoms with Crippen molar-refractivity contribution in [1.29, 1.82) is 0 Å². The van der Waals surface area contributed by atoms with E-state index < -0.39 is 5.91 Å². The van der Waals surface area contributed by atoms with Crippen LogP contribution in [-0.2, 0) is 11.3 Å². The van der Waals surface area contributed by atoms with Gasteiger partial charge in [0, 0.05) is 31.4 Å². The molecule has 8 heteroatoms. The third-order valence-electron chi connectivity index (χ3n) is 4.53. The van der Waals surface area contributed by atoms with Crippen molar-refractivity contribution in [3.8, 4) is 11.4 Å². The van der Waals surface area contributed by atoms with E-state index in [4.69, 9.17) is 9.26 Å². The van der Waals surface area contributed by atoms with Gasteiger partial charge in [-0.15, -0.1) is 0 Å². The second-order valence-electron chi connectivity index (χ2n) is 6.59. The fourth-order valence-electron chi connectivity index (χ4n) is 2.92. The quantitative estimate of drug-likeness (QED) is 0.726. The zero-order valence-corrected chi connectivity index (χ0v) is 15.6. The molecule has 1 aliphatic heterocycles. The Kier molecular flexibility index (Phi) is 5.29. The number of ether oxygens (including phenoxy) is 1. The lowest BCUT2D eigenvalue weighted by molar-refractivity contribution is 0.0907. The van der Waals surface area contributed by atoms with E-state index in [-0.39, 0.29) is 5.89 Å². The molecule has 1 fully saturated rings. The van der Waals surface area contributed by atoms with Crippen LogP contribution in [0.4, 0.5) is 5.82 Å². The van der Waals surface area contributed by atoms with Gasteiger partial charge in [0.05, 0.1) is 13.2 Å². The summed E-state index contributed by atoms with van der Waals surface area (Å²) in [6.45, 7) is 5.35. The number of aryl methyl sites for hydroxylation is 1. The standard InChI is InChI=1S/C20H21N5O3/c1-14-2-4-15(5-3-14)13-22-19(26)20-23-18(24-28-20)16-6-7-21-17(12-16)25-8-10-27-11-9-25/h2-7,12H,8-11,13H2,1H3,(H,22,26). The van der Waals surface area contributed by atoms with Crippen LogP contribution in [0, 0.1) is 6.92 Å². The number of hydrogen-bond acceptors (Lipinski definition) is 7. The van der Waals surface area contributed by atoms with Gasteiger partial charge in [-0.05, 0) is 24.6 Å². The number of hydrogen-bond donors (Lipinski definition) is 1.